The highest BCUT2D eigenvalue weighted by atomic mass is 32.1. The summed E-state index contributed by atoms with van der Waals surface area (Å²) in [4.78, 5) is 27.6. The zero-order chi connectivity index (χ0) is 15.9. The number of likely N-dealkylation sites (tertiary alicyclic amines) is 1. The fourth-order valence-corrected chi connectivity index (χ4v) is 4.32. The maximum absolute atomic E-state index is 12.3. The van der Waals surface area contributed by atoms with Gasteiger partial charge in [-0.3, -0.25) is 4.79 Å². The van der Waals surface area contributed by atoms with Crippen molar-refractivity contribution in [3.05, 3.63) is 15.8 Å². The van der Waals surface area contributed by atoms with Crippen molar-refractivity contribution >= 4 is 23.2 Å². The van der Waals surface area contributed by atoms with Crippen LogP contribution in [0.4, 0.5) is 0 Å². The Morgan fingerprint density at radius 2 is 2.23 bits per heavy atom. The van der Waals surface area contributed by atoms with Gasteiger partial charge in [0.05, 0.1) is 18.0 Å². The molecule has 120 valence electrons. The molecule has 1 saturated heterocycles. The smallest absolute Gasteiger partial charge is 0.348 e. The van der Waals surface area contributed by atoms with Crippen LogP contribution < -0.4 is 4.74 Å². The molecule has 0 saturated carbocycles. The molecule has 22 heavy (non-hydrogen) atoms. The Morgan fingerprint density at radius 3 is 2.91 bits per heavy atom. The van der Waals surface area contributed by atoms with Crippen LogP contribution in [0.15, 0.2) is 6.07 Å². The number of carbonyl (C=O) groups is 2. The molecular weight excluding hydrogens is 302 g/mol. The number of amides is 1. The second kappa shape index (κ2) is 5.57. The molecule has 0 N–H and O–H groups in total. The Bertz CT molecular complexity index is 607. The summed E-state index contributed by atoms with van der Waals surface area (Å²) in [5.74, 6) is 0.558. The Balaban J connectivity index is 1.99. The lowest BCUT2D eigenvalue weighted by atomic mass is 9.92. The normalized spacial score (nSPS) is 23.7. The first-order valence-corrected chi connectivity index (χ1v) is 8.43. The SMILES string of the molecule is COC(=O)c1cc2c(s1)C(N1CCCCC1=O)CC(C)(C)O2. The molecule has 1 aromatic rings. The summed E-state index contributed by atoms with van der Waals surface area (Å²) >= 11 is 1.38. The summed E-state index contributed by atoms with van der Waals surface area (Å²) in [5.41, 5.74) is -0.357. The molecule has 1 unspecified atom stereocenters. The maximum atomic E-state index is 12.3. The van der Waals surface area contributed by atoms with E-state index in [4.69, 9.17) is 9.47 Å². The lowest BCUT2D eigenvalue weighted by molar-refractivity contribution is -0.137. The van der Waals surface area contributed by atoms with Crippen molar-refractivity contribution in [1.29, 1.82) is 0 Å². The monoisotopic (exact) mass is 323 g/mol. The highest BCUT2D eigenvalue weighted by Crippen LogP contribution is 2.47. The van der Waals surface area contributed by atoms with E-state index >= 15 is 0 Å². The standard InChI is InChI=1S/C16H21NO4S/c1-16(2)9-10(17-7-5-4-6-13(17)18)14-11(21-16)8-12(22-14)15(19)20-3/h8,10H,4-7,9H2,1-3H3. The third kappa shape index (κ3) is 2.72. The van der Waals surface area contributed by atoms with E-state index in [2.05, 4.69) is 0 Å². The molecule has 3 heterocycles. The number of rotatable bonds is 2. The van der Waals surface area contributed by atoms with Gasteiger partial charge in [-0.25, -0.2) is 4.79 Å². The summed E-state index contributed by atoms with van der Waals surface area (Å²) in [7, 11) is 1.37. The van der Waals surface area contributed by atoms with Gasteiger partial charge < -0.3 is 14.4 Å². The van der Waals surface area contributed by atoms with Crippen molar-refractivity contribution in [1.82, 2.24) is 4.90 Å². The molecule has 2 aliphatic rings. The number of nitrogens with zero attached hydrogens (tertiary/aromatic N) is 1. The quantitative estimate of drug-likeness (QED) is 0.785. The topological polar surface area (TPSA) is 55.8 Å². The van der Waals surface area contributed by atoms with Crippen LogP contribution in [-0.2, 0) is 9.53 Å². The molecule has 0 aromatic carbocycles. The summed E-state index contributed by atoms with van der Waals surface area (Å²) in [6, 6.07) is 1.74. The third-order valence-corrected chi connectivity index (χ3v) is 5.42. The summed E-state index contributed by atoms with van der Waals surface area (Å²) in [6.07, 6.45) is 3.36. The molecule has 2 aliphatic heterocycles. The lowest BCUT2D eigenvalue weighted by Gasteiger charge is -2.42. The van der Waals surface area contributed by atoms with Crippen molar-refractivity contribution in [3.8, 4) is 5.75 Å². The van der Waals surface area contributed by atoms with Crippen LogP contribution in [0.5, 0.6) is 5.75 Å². The van der Waals surface area contributed by atoms with Gasteiger partial charge in [-0.15, -0.1) is 11.3 Å². The van der Waals surface area contributed by atoms with Gasteiger partial charge in [0.2, 0.25) is 5.91 Å². The number of methoxy groups -OCH3 is 1. The molecule has 0 spiro atoms. The number of thiophene rings is 1. The number of carbonyl (C=O) groups excluding carboxylic acids is 2. The maximum Gasteiger partial charge on any atom is 0.348 e. The van der Waals surface area contributed by atoms with E-state index in [9.17, 15) is 9.59 Å². The first-order chi connectivity index (χ1) is 10.4. The van der Waals surface area contributed by atoms with E-state index < -0.39 is 0 Å². The number of piperidine rings is 1. The van der Waals surface area contributed by atoms with Crippen molar-refractivity contribution in [2.45, 2.75) is 51.2 Å². The second-order valence-electron chi connectivity index (χ2n) is 6.46. The zero-order valence-corrected chi connectivity index (χ0v) is 14.0. The van der Waals surface area contributed by atoms with Crippen LogP contribution in [0.25, 0.3) is 0 Å². The zero-order valence-electron chi connectivity index (χ0n) is 13.2. The molecule has 1 amide bonds. The van der Waals surface area contributed by atoms with E-state index in [-0.39, 0.29) is 23.5 Å². The number of fused-ring (bicyclic) bond motifs is 1. The van der Waals surface area contributed by atoms with Crippen LogP contribution in [0.1, 0.15) is 60.1 Å². The second-order valence-corrected chi connectivity index (χ2v) is 7.54. The predicted octanol–water partition coefficient (Wildman–Crippen LogP) is 3.15. The van der Waals surface area contributed by atoms with Crippen molar-refractivity contribution in [2.24, 2.45) is 0 Å². The predicted molar refractivity (Wildman–Crippen MR) is 83.3 cm³/mol. The van der Waals surface area contributed by atoms with Gasteiger partial charge in [-0.1, -0.05) is 0 Å². The van der Waals surface area contributed by atoms with Gasteiger partial charge in [0.15, 0.2) is 0 Å². The van der Waals surface area contributed by atoms with Gasteiger partial charge in [-0.05, 0) is 26.7 Å². The van der Waals surface area contributed by atoms with Crippen molar-refractivity contribution in [3.63, 3.8) is 0 Å². The van der Waals surface area contributed by atoms with E-state index in [1.54, 1.807) is 6.07 Å². The van der Waals surface area contributed by atoms with Crippen LogP contribution in [0.2, 0.25) is 0 Å². The molecule has 0 radical (unpaired) electrons. The van der Waals surface area contributed by atoms with Gasteiger partial charge >= 0.3 is 5.97 Å². The Morgan fingerprint density at radius 1 is 1.45 bits per heavy atom. The molecule has 3 rings (SSSR count). The molecule has 5 nitrogen and oxygen atoms in total. The summed E-state index contributed by atoms with van der Waals surface area (Å²) in [6.45, 7) is 4.82. The fraction of sp³-hybridized carbons (Fsp3) is 0.625. The minimum absolute atomic E-state index is 0.00467. The van der Waals surface area contributed by atoms with Gasteiger partial charge in [-0.2, -0.15) is 0 Å². The Labute approximate surface area is 134 Å². The first kappa shape index (κ1) is 15.3. The minimum Gasteiger partial charge on any atom is -0.486 e. The van der Waals surface area contributed by atoms with Gasteiger partial charge in [0.25, 0.3) is 0 Å². The van der Waals surface area contributed by atoms with Gasteiger partial charge in [0.1, 0.15) is 16.2 Å². The van der Waals surface area contributed by atoms with E-state index in [1.165, 1.54) is 18.4 Å². The van der Waals surface area contributed by atoms with E-state index in [0.29, 0.717) is 17.0 Å². The van der Waals surface area contributed by atoms with Gasteiger partial charge in [0, 0.05) is 25.5 Å². The fourth-order valence-electron chi connectivity index (χ4n) is 3.21. The Kier molecular flexibility index (Phi) is 3.89. The molecule has 1 fully saturated rings. The van der Waals surface area contributed by atoms with Crippen LogP contribution in [0, 0.1) is 0 Å². The third-order valence-electron chi connectivity index (χ3n) is 4.22. The summed E-state index contributed by atoms with van der Waals surface area (Å²) < 4.78 is 10.8. The van der Waals surface area contributed by atoms with Crippen LogP contribution in [0.3, 0.4) is 0 Å². The average Bonchev–Trinajstić information content (AvgIpc) is 2.88. The highest BCUT2D eigenvalue weighted by molar-refractivity contribution is 7.14. The van der Waals surface area contributed by atoms with E-state index in [1.807, 2.05) is 18.7 Å². The molecule has 6 heteroatoms. The summed E-state index contributed by atoms with van der Waals surface area (Å²) in [5, 5.41) is 0. The molecule has 1 atom stereocenters. The molecule has 0 bridgehead atoms. The number of hydrogen-bond acceptors (Lipinski definition) is 5. The van der Waals surface area contributed by atoms with E-state index in [0.717, 1.165) is 30.7 Å². The number of hydrogen-bond donors (Lipinski definition) is 0. The van der Waals surface area contributed by atoms with Crippen molar-refractivity contribution < 1.29 is 19.1 Å². The molecular formula is C16H21NO4S. The Hall–Kier alpha value is -1.56. The lowest BCUT2D eigenvalue weighted by Crippen LogP contribution is -2.44. The van der Waals surface area contributed by atoms with Crippen molar-refractivity contribution in [2.75, 3.05) is 13.7 Å². The average molecular weight is 323 g/mol. The highest BCUT2D eigenvalue weighted by Gasteiger charge is 2.41. The van der Waals surface area contributed by atoms with Crippen LogP contribution >= 0.6 is 11.3 Å². The largest absolute Gasteiger partial charge is 0.486 e. The molecule has 1 aromatic heterocycles. The number of ether oxygens (including phenoxy) is 2. The van der Waals surface area contributed by atoms with Crippen LogP contribution in [-0.4, -0.2) is 36.0 Å². The molecule has 0 aliphatic carbocycles. The minimum atomic E-state index is -0.357. The first-order valence-electron chi connectivity index (χ1n) is 7.62. The number of esters is 1.